The molecule has 31 heavy (non-hydrogen) atoms. The van der Waals surface area contributed by atoms with Crippen molar-refractivity contribution in [2.45, 2.75) is 32.0 Å². The van der Waals surface area contributed by atoms with Gasteiger partial charge in [-0.05, 0) is 24.0 Å². The maximum absolute atomic E-state index is 12.6. The quantitative estimate of drug-likeness (QED) is 0.537. The number of nitro groups is 1. The molecule has 0 bridgehead atoms. The smallest absolute Gasteiger partial charge is 0.286 e. The van der Waals surface area contributed by atoms with Gasteiger partial charge in [0.2, 0.25) is 0 Å². The molecule has 0 atom stereocenters. The van der Waals surface area contributed by atoms with Gasteiger partial charge in [-0.25, -0.2) is 0 Å². The Morgan fingerprint density at radius 2 is 1.71 bits per heavy atom. The summed E-state index contributed by atoms with van der Waals surface area (Å²) in [6, 6.07) is 10.5. The minimum absolute atomic E-state index is 0.0573. The molecule has 0 saturated carbocycles. The van der Waals surface area contributed by atoms with Gasteiger partial charge in [-0.2, -0.15) is 0 Å². The molecule has 9 heteroatoms. The van der Waals surface area contributed by atoms with E-state index in [0.29, 0.717) is 19.0 Å². The summed E-state index contributed by atoms with van der Waals surface area (Å²) in [4.78, 5) is 25.8. The molecule has 2 heterocycles. The Morgan fingerprint density at radius 1 is 1.10 bits per heavy atom. The van der Waals surface area contributed by atoms with Gasteiger partial charge in [-0.1, -0.05) is 24.3 Å². The number of rotatable bonds is 6. The Kier molecular flexibility index (Phi) is 6.34. The van der Waals surface area contributed by atoms with Crippen LogP contribution < -0.4 is 14.8 Å². The molecule has 2 aliphatic rings. The number of aliphatic hydroxyl groups is 1. The second-order valence-electron chi connectivity index (χ2n) is 7.78. The van der Waals surface area contributed by atoms with Crippen molar-refractivity contribution < 1.29 is 24.3 Å². The van der Waals surface area contributed by atoms with Crippen molar-refractivity contribution in [1.82, 2.24) is 10.2 Å². The number of aliphatic hydroxyl groups excluding tert-OH is 1. The number of hydrogen-bond donors (Lipinski definition) is 2. The summed E-state index contributed by atoms with van der Waals surface area (Å²) < 4.78 is 10.8. The predicted octanol–water partition coefficient (Wildman–Crippen LogP) is 2.25. The van der Waals surface area contributed by atoms with E-state index in [4.69, 9.17) is 9.47 Å². The summed E-state index contributed by atoms with van der Waals surface area (Å²) in [5, 5.41) is 23.8. The topological polar surface area (TPSA) is 114 Å². The monoisotopic (exact) mass is 427 g/mol. The molecule has 0 spiro atoms. The van der Waals surface area contributed by atoms with Gasteiger partial charge in [-0.3, -0.25) is 19.8 Å². The van der Waals surface area contributed by atoms with Crippen LogP contribution in [0.15, 0.2) is 36.4 Å². The Morgan fingerprint density at radius 3 is 2.35 bits per heavy atom. The van der Waals surface area contributed by atoms with E-state index in [9.17, 15) is 20.0 Å². The number of fused-ring (bicyclic) bond motifs is 1. The van der Waals surface area contributed by atoms with Crippen molar-refractivity contribution in [3.8, 4) is 11.5 Å². The molecule has 0 aliphatic carbocycles. The molecule has 9 nitrogen and oxygen atoms in total. The lowest BCUT2D eigenvalue weighted by Gasteiger charge is -2.29. The van der Waals surface area contributed by atoms with Crippen molar-refractivity contribution in [3.05, 3.63) is 63.2 Å². The standard InChI is InChI=1S/C22H25N3O6/c26-17-5-7-24(8-6-17)14-16-3-1-15(2-4-16)13-23-22(27)18-11-20-21(31-10-9-30-20)12-19(18)25(28)29/h1-4,11-12,17,26H,5-10,13-14H2,(H,23,27). The fraction of sp³-hybridized carbons (Fsp3) is 0.409. The van der Waals surface area contributed by atoms with Crippen LogP contribution >= 0.6 is 0 Å². The van der Waals surface area contributed by atoms with E-state index in [0.717, 1.165) is 43.6 Å². The second kappa shape index (κ2) is 9.32. The molecule has 164 valence electrons. The summed E-state index contributed by atoms with van der Waals surface area (Å²) in [6.07, 6.45) is 1.42. The fourth-order valence-electron chi connectivity index (χ4n) is 3.79. The zero-order chi connectivity index (χ0) is 21.8. The first kappa shape index (κ1) is 21.1. The van der Waals surface area contributed by atoms with Crippen molar-refractivity contribution in [3.63, 3.8) is 0 Å². The molecule has 2 N–H and O–H groups in total. The van der Waals surface area contributed by atoms with E-state index < -0.39 is 10.8 Å². The molecule has 1 fully saturated rings. The maximum atomic E-state index is 12.6. The lowest BCUT2D eigenvalue weighted by Crippen LogP contribution is -2.35. The Labute approximate surface area is 179 Å². The summed E-state index contributed by atoms with van der Waals surface area (Å²) in [6.45, 7) is 3.48. The van der Waals surface area contributed by atoms with Crippen molar-refractivity contribution in [2.24, 2.45) is 0 Å². The highest BCUT2D eigenvalue weighted by Crippen LogP contribution is 2.36. The number of nitro benzene ring substituents is 1. The fourth-order valence-corrected chi connectivity index (χ4v) is 3.79. The number of benzene rings is 2. The van der Waals surface area contributed by atoms with Crippen molar-refractivity contribution >= 4 is 11.6 Å². The molecule has 2 aromatic carbocycles. The molecule has 1 amide bonds. The SMILES string of the molecule is O=C(NCc1ccc(CN2CCC(O)CC2)cc1)c1cc2c(cc1[N+](=O)[O-])OCCO2. The number of amides is 1. The highest BCUT2D eigenvalue weighted by Gasteiger charge is 2.26. The number of carbonyl (C=O) groups is 1. The van der Waals surface area contributed by atoms with Gasteiger partial charge in [0.05, 0.1) is 17.1 Å². The van der Waals surface area contributed by atoms with Gasteiger partial charge >= 0.3 is 0 Å². The lowest BCUT2D eigenvalue weighted by molar-refractivity contribution is -0.385. The largest absolute Gasteiger partial charge is 0.486 e. The highest BCUT2D eigenvalue weighted by atomic mass is 16.6. The van der Waals surface area contributed by atoms with Gasteiger partial charge < -0.3 is 19.9 Å². The van der Waals surface area contributed by atoms with Crippen LogP contribution in [0.2, 0.25) is 0 Å². The zero-order valence-electron chi connectivity index (χ0n) is 17.1. The van der Waals surface area contributed by atoms with Crippen LogP contribution in [0, 0.1) is 10.1 Å². The van der Waals surface area contributed by atoms with E-state index in [1.54, 1.807) is 0 Å². The Hall–Kier alpha value is -3.17. The maximum Gasteiger partial charge on any atom is 0.286 e. The molecule has 4 rings (SSSR count). The third-order valence-corrected chi connectivity index (χ3v) is 5.54. The Bertz CT molecular complexity index is 954. The molecule has 0 unspecified atom stereocenters. The summed E-state index contributed by atoms with van der Waals surface area (Å²) in [5.74, 6) is 0.0597. The van der Waals surface area contributed by atoms with Crippen LogP contribution in [0.3, 0.4) is 0 Å². The number of nitrogens with zero attached hydrogens (tertiary/aromatic N) is 2. The first-order chi connectivity index (χ1) is 15.0. The van der Waals surface area contributed by atoms with E-state index in [1.165, 1.54) is 12.1 Å². The lowest BCUT2D eigenvalue weighted by atomic mass is 10.1. The van der Waals surface area contributed by atoms with Gasteiger partial charge in [0.15, 0.2) is 11.5 Å². The van der Waals surface area contributed by atoms with Gasteiger partial charge in [0.1, 0.15) is 18.8 Å². The van der Waals surface area contributed by atoms with E-state index in [-0.39, 0.29) is 29.6 Å². The molecular formula is C22H25N3O6. The average molecular weight is 427 g/mol. The van der Waals surface area contributed by atoms with Crippen LogP contribution in [-0.2, 0) is 13.1 Å². The third-order valence-electron chi connectivity index (χ3n) is 5.54. The number of hydrogen-bond acceptors (Lipinski definition) is 7. The number of ether oxygens (including phenoxy) is 2. The molecule has 2 aromatic rings. The first-order valence-electron chi connectivity index (χ1n) is 10.3. The van der Waals surface area contributed by atoms with Crippen LogP contribution in [-0.4, -0.2) is 53.2 Å². The normalized spacial score (nSPS) is 16.7. The summed E-state index contributed by atoms with van der Waals surface area (Å²) >= 11 is 0. The van der Waals surface area contributed by atoms with Gasteiger partial charge in [0.25, 0.3) is 11.6 Å². The van der Waals surface area contributed by atoms with E-state index in [2.05, 4.69) is 10.2 Å². The second-order valence-corrected chi connectivity index (χ2v) is 7.78. The van der Waals surface area contributed by atoms with Crippen LogP contribution in [0.1, 0.15) is 34.3 Å². The van der Waals surface area contributed by atoms with E-state index in [1.807, 2.05) is 24.3 Å². The highest BCUT2D eigenvalue weighted by molar-refractivity contribution is 5.99. The number of piperidine rings is 1. The number of carbonyl (C=O) groups excluding carboxylic acids is 1. The molecule has 0 radical (unpaired) electrons. The van der Waals surface area contributed by atoms with Crippen molar-refractivity contribution in [1.29, 1.82) is 0 Å². The molecule has 2 aliphatic heterocycles. The number of nitrogens with one attached hydrogen (secondary N) is 1. The van der Waals surface area contributed by atoms with Crippen LogP contribution in [0.5, 0.6) is 11.5 Å². The third kappa shape index (κ3) is 5.12. The van der Waals surface area contributed by atoms with Crippen LogP contribution in [0.25, 0.3) is 0 Å². The summed E-state index contributed by atoms with van der Waals surface area (Å²) in [7, 11) is 0. The van der Waals surface area contributed by atoms with Gasteiger partial charge in [-0.15, -0.1) is 0 Å². The number of likely N-dealkylation sites (tertiary alicyclic amines) is 1. The average Bonchev–Trinajstić information content (AvgIpc) is 2.79. The molecule has 0 aromatic heterocycles. The minimum atomic E-state index is -0.596. The Balaban J connectivity index is 1.38. The minimum Gasteiger partial charge on any atom is -0.486 e. The predicted molar refractivity (Wildman–Crippen MR) is 112 cm³/mol. The van der Waals surface area contributed by atoms with Crippen molar-refractivity contribution in [2.75, 3.05) is 26.3 Å². The van der Waals surface area contributed by atoms with E-state index >= 15 is 0 Å². The molecular weight excluding hydrogens is 402 g/mol. The van der Waals surface area contributed by atoms with Crippen LogP contribution in [0.4, 0.5) is 5.69 Å². The first-order valence-corrected chi connectivity index (χ1v) is 10.3. The molecule has 1 saturated heterocycles. The zero-order valence-corrected chi connectivity index (χ0v) is 17.1. The summed E-state index contributed by atoms with van der Waals surface area (Å²) in [5.41, 5.74) is 1.68. The van der Waals surface area contributed by atoms with Gasteiger partial charge in [0, 0.05) is 32.2 Å².